The van der Waals surface area contributed by atoms with E-state index in [9.17, 15) is 28.0 Å². The van der Waals surface area contributed by atoms with Crippen LogP contribution in [0.1, 0.15) is 54.2 Å². The van der Waals surface area contributed by atoms with Gasteiger partial charge in [0.25, 0.3) is 0 Å². The number of thiazole rings is 3. The Morgan fingerprint density at radius 3 is 1.15 bits per heavy atom. The molecular formula is C97H75F2Ir5N8O10S3-5. The van der Waals surface area contributed by atoms with Crippen LogP contribution in [0.2, 0.25) is 0 Å². The van der Waals surface area contributed by atoms with E-state index in [0.29, 0.717) is 11.6 Å². The average Bonchev–Trinajstić information content (AvgIpc) is 1.70. The van der Waals surface area contributed by atoms with Crippen molar-refractivity contribution >= 4 is 116 Å². The van der Waals surface area contributed by atoms with Crippen LogP contribution in [0.5, 0.6) is 5.75 Å². The Hall–Kier alpha value is -11.8. The Morgan fingerprint density at radius 1 is 0.416 bits per heavy atom. The number of phenols is 1. The molecule has 0 fully saturated rings. The summed E-state index contributed by atoms with van der Waals surface area (Å²) in [5.41, 5.74) is 10.5. The summed E-state index contributed by atoms with van der Waals surface area (Å²) in [4.78, 5) is 73.5. The summed E-state index contributed by atoms with van der Waals surface area (Å²) in [6, 6.07) is 107. The number of hydrogen-bond acceptors (Lipinski definition) is 19. The van der Waals surface area contributed by atoms with Gasteiger partial charge in [-0.25, -0.2) is 19.6 Å². The number of ketones is 2. The third kappa shape index (κ3) is 35.8. The van der Waals surface area contributed by atoms with E-state index < -0.39 is 23.6 Å². The van der Waals surface area contributed by atoms with E-state index in [1.807, 2.05) is 212 Å². The summed E-state index contributed by atoms with van der Waals surface area (Å²) in [6.45, 7) is 5.70. The molecule has 0 atom stereocenters. The zero-order valence-electron chi connectivity index (χ0n) is 66.8. The zero-order valence-corrected chi connectivity index (χ0v) is 81.2. The van der Waals surface area contributed by atoms with Gasteiger partial charge in [-0.15, -0.1) is 150 Å². The number of fused-ring (bicyclic) bond motifs is 5. The molecule has 0 saturated carbocycles. The number of para-hydroxylation sites is 6. The Labute approximate surface area is 800 Å². The van der Waals surface area contributed by atoms with Crippen LogP contribution in [0.4, 0.5) is 8.78 Å². The molecule has 28 heteroatoms. The molecule has 18 rings (SSSR count). The molecule has 5 N–H and O–H groups in total. The number of carbonyl (C=O) groups excluding carboxylic acids is 2. The molecule has 5 radical (unpaired) electrons. The fraction of sp³-hybridized carbons (Fsp3) is 0.0515. The molecule has 0 spiro atoms. The molecule has 0 saturated heterocycles. The van der Waals surface area contributed by atoms with Crippen LogP contribution in [0.15, 0.2) is 349 Å². The van der Waals surface area contributed by atoms with E-state index in [1.54, 1.807) is 95.9 Å². The molecule has 0 aliphatic rings. The maximum absolute atomic E-state index is 13.6. The number of aliphatic hydroxyl groups excluding tert-OH is 2. The number of oxazole rings is 1. The van der Waals surface area contributed by atoms with Crippen molar-refractivity contribution in [2.45, 2.75) is 27.7 Å². The second-order valence-electron chi connectivity index (χ2n) is 24.8. The number of carbonyl (C=O) groups is 4. The van der Waals surface area contributed by atoms with E-state index in [4.69, 9.17) is 29.9 Å². The minimum absolute atomic E-state index is 0. The SMILES string of the molecule is CC(=O)C=C(C)O.CC(=O)C=C(C)O.CN=Cc1ccccc1O.Fc1c[c-]c(-c2cc3ccccc3cn2)c(F)c1.O=C(O)c1ccccn1.O=C(O)c1ccccn1.[Ir].[Ir].[Ir].[Ir].[Ir].[c-]1ccccc1-c1nc2ccccc2o1.[c-]1ccccc1-c1nc2ccccc2s1.[c-]1ccccc1-c1nc2ccccc2s1.[c-]1ccccc1-c1nc2ccccc2s1. The van der Waals surface area contributed by atoms with Crippen molar-refractivity contribution in [3.63, 3.8) is 0 Å². The van der Waals surface area contributed by atoms with Crippen LogP contribution in [0.25, 0.3) is 107 Å². The smallest absolute Gasteiger partial charge is 0.354 e. The zero-order chi connectivity index (χ0) is 85.4. The first-order valence-electron chi connectivity index (χ1n) is 36.5. The number of aliphatic hydroxyl groups is 2. The van der Waals surface area contributed by atoms with Gasteiger partial charge in [0.2, 0.25) is 0 Å². The van der Waals surface area contributed by atoms with Crippen molar-refractivity contribution in [1.29, 1.82) is 0 Å². The number of carboxylic acids is 2. The second-order valence-corrected chi connectivity index (χ2v) is 27.9. The summed E-state index contributed by atoms with van der Waals surface area (Å²) in [5, 5.41) is 47.6. The molecule has 125 heavy (non-hydrogen) atoms. The molecule has 0 unspecified atom stereocenters. The predicted octanol–water partition coefficient (Wildman–Crippen LogP) is 23.6. The van der Waals surface area contributed by atoms with Gasteiger partial charge in [0.1, 0.15) is 28.6 Å². The number of phenolic OH excluding ortho intramolecular Hbond substituents is 1. The minimum Gasteiger partial charge on any atom is -0.512 e. The van der Waals surface area contributed by atoms with Gasteiger partial charge in [-0.3, -0.25) is 43.3 Å². The average molecular weight is 2610 g/mol. The normalized spacial score (nSPS) is 10.1. The molecule has 18 nitrogen and oxygen atoms in total. The third-order valence-corrected chi connectivity index (χ3v) is 18.7. The molecule has 0 aliphatic heterocycles. The Bertz CT molecular complexity index is 5750. The summed E-state index contributed by atoms with van der Waals surface area (Å²) in [6.07, 6.45) is 8.52. The number of halogens is 2. The van der Waals surface area contributed by atoms with E-state index in [0.717, 1.165) is 93.4 Å². The molecule has 0 aliphatic carbocycles. The fourth-order valence-corrected chi connectivity index (χ4v) is 13.1. The summed E-state index contributed by atoms with van der Waals surface area (Å²) in [5.74, 6) is -2.51. The number of benzene rings is 11. The fourth-order valence-electron chi connectivity index (χ4n) is 10.2. The van der Waals surface area contributed by atoms with Gasteiger partial charge in [-0.2, -0.15) is 34.0 Å². The van der Waals surface area contributed by atoms with E-state index in [-0.39, 0.29) is 146 Å². The Morgan fingerprint density at radius 2 is 0.800 bits per heavy atom. The number of aromatic carboxylic acids is 2. The minimum atomic E-state index is -0.990. The van der Waals surface area contributed by atoms with E-state index in [2.05, 4.69) is 88.4 Å². The number of allylic oxidation sites excluding steroid dienone is 4. The molecule has 11 aromatic carbocycles. The van der Waals surface area contributed by atoms with Crippen molar-refractivity contribution < 1.29 is 158 Å². The molecular weight excluding hydrogens is 2530 g/mol. The van der Waals surface area contributed by atoms with Gasteiger partial charge in [-0.1, -0.05) is 120 Å². The third-order valence-electron chi connectivity index (χ3n) is 15.5. The molecule has 0 amide bonds. The first-order chi connectivity index (χ1) is 58.2. The van der Waals surface area contributed by atoms with Crippen LogP contribution in [-0.2, 0) is 110 Å². The molecule has 7 heterocycles. The van der Waals surface area contributed by atoms with Gasteiger partial charge >= 0.3 is 11.9 Å². The molecule has 0 bridgehead atoms. The number of carboxylic acid groups (broad SMARTS) is 2. The number of rotatable bonds is 10. The van der Waals surface area contributed by atoms with E-state index >= 15 is 0 Å². The first kappa shape index (κ1) is 106. The van der Waals surface area contributed by atoms with Crippen LogP contribution < -0.4 is 0 Å². The van der Waals surface area contributed by atoms with Gasteiger partial charge in [0, 0.05) is 191 Å². The van der Waals surface area contributed by atoms with Crippen molar-refractivity contribution in [2.24, 2.45) is 4.99 Å². The molecule has 645 valence electrons. The van der Waals surface area contributed by atoms with Crippen LogP contribution in [-0.4, -0.2) is 97.2 Å². The number of aromatic nitrogens is 7. The maximum Gasteiger partial charge on any atom is 0.354 e. The number of aliphatic imine (C=N–C) groups is 1. The topological polar surface area (TPSA) is 285 Å². The summed E-state index contributed by atoms with van der Waals surface area (Å²) >= 11 is 5.12. The predicted molar refractivity (Wildman–Crippen MR) is 474 cm³/mol. The van der Waals surface area contributed by atoms with Crippen molar-refractivity contribution in [3.05, 3.63) is 398 Å². The van der Waals surface area contributed by atoms with E-state index in [1.165, 1.54) is 78.5 Å². The molecule has 7 aromatic heterocycles. The van der Waals surface area contributed by atoms with Gasteiger partial charge in [0.05, 0.1) is 33.6 Å². The first-order valence-corrected chi connectivity index (χ1v) is 38.9. The number of aromatic hydroxyl groups is 1. The quantitative estimate of drug-likeness (QED) is 0.0368. The van der Waals surface area contributed by atoms with Crippen LogP contribution >= 0.6 is 34.0 Å². The van der Waals surface area contributed by atoms with Crippen molar-refractivity contribution in [3.8, 4) is 60.2 Å². The summed E-state index contributed by atoms with van der Waals surface area (Å²) in [7, 11) is 1.67. The van der Waals surface area contributed by atoms with Crippen LogP contribution in [0.3, 0.4) is 0 Å². The number of nitrogens with zero attached hydrogens (tertiary/aromatic N) is 8. The monoisotopic (exact) mass is 2610 g/mol. The van der Waals surface area contributed by atoms with Gasteiger partial charge in [-0.05, 0) is 129 Å². The van der Waals surface area contributed by atoms with Crippen molar-refractivity contribution in [2.75, 3.05) is 7.05 Å². The Balaban J connectivity index is 0.000000294. The number of hydrogen-bond donors (Lipinski definition) is 5. The standard InChI is InChI=1S/C15H8F2N.C13H8NO.3C13H8NS.C8H9NO.2C6H5NO2.2C5H8O2.5Ir/c16-12-5-6-13(14(17)8-12)15-7-10-3-1-2-4-11(10)9-18-15;4*1-2-6-10(7-3-1)13-14-11-8-4-5-9-12(11)15-13;1-9-6-7-4-2-3-5-8(7)10;2*8-6(9)5-3-1-2-4-7-5;2*1-4(6)3-5(2)7;;;;;/h1-5,7-9H;4*1-6,8-9H;2-6,10H,1H3;2*1-4H,(H,8,9);2*3,6H,1-2H3;;;;;/q5*-1;;;;;;;;;;. The second kappa shape index (κ2) is 56.9. The number of pyridine rings is 3. The van der Waals surface area contributed by atoms with Gasteiger partial charge in [0.15, 0.2) is 11.6 Å². The molecule has 18 aromatic rings. The Kier molecular flexibility index (Phi) is 48.0. The van der Waals surface area contributed by atoms with Crippen LogP contribution in [0, 0.1) is 42.0 Å². The van der Waals surface area contributed by atoms with Crippen molar-refractivity contribution in [1.82, 2.24) is 34.9 Å². The largest absolute Gasteiger partial charge is 0.512 e. The maximum atomic E-state index is 13.6. The summed E-state index contributed by atoms with van der Waals surface area (Å²) < 4.78 is 35.7. The van der Waals surface area contributed by atoms with Gasteiger partial charge < -0.3 is 34.9 Å².